The summed E-state index contributed by atoms with van der Waals surface area (Å²) in [6, 6.07) is 0. The van der Waals surface area contributed by atoms with E-state index in [4.69, 9.17) is 5.73 Å². The first kappa shape index (κ1) is 15.8. The van der Waals surface area contributed by atoms with Gasteiger partial charge in [0, 0.05) is 18.6 Å². The van der Waals surface area contributed by atoms with E-state index in [-0.39, 0.29) is 12.8 Å². The highest BCUT2D eigenvalue weighted by Gasteiger charge is 2.48. The predicted molar refractivity (Wildman–Crippen MR) is 67.3 cm³/mol. The Morgan fingerprint density at radius 2 is 2.00 bits per heavy atom. The monoisotopic (exact) mass is 266 g/mol. The molecule has 1 saturated carbocycles. The molecule has 0 aliphatic heterocycles. The van der Waals surface area contributed by atoms with Crippen LogP contribution in [0.25, 0.3) is 0 Å². The van der Waals surface area contributed by atoms with Gasteiger partial charge in [-0.3, -0.25) is 4.90 Å². The van der Waals surface area contributed by atoms with E-state index in [2.05, 4.69) is 18.7 Å². The van der Waals surface area contributed by atoms with E-state index in [1.54, 1.807) is 0 Å². The molecule has 1 aliphatic rings. The zero-order valence-corrected chi connectivity index (χ0v) is 11.6. The van der Waals surface area contributed by atoms with Gasteiger partial charge in [-0.1, -0.05) is 20.3 Å². The highest BCUT2D eigenvalue weighted by Crippen LogP contribution is 2.43. The van der Waals surface area contributed by atoms with E-state index >= 15 is 0 Å². The Bertz CT molecular complexity index is 265. The molecule has 0 bridgehead atoms. The van der Waals surface area contributed by atoms with Crippen molar-refractivity contribution in [2.24, 2.45) is 17.6 Å². The smallest absolute Gasteiger partial charge is 0.329 e. The molecule has 0 amide bonds. The summed E-state index contributed by atoms with van der Waals surface area (Å²) in [4.78, 5) is 2.05. The lowest BCUT2D eigenvalue weighted by atomic mass is 9.74. The average Bonchev–Trinajstić information content (AvgIpc) is 2.27. The number of halogens is 3. The normalized spacial score (nSPS) is 30.2. The second-order valence-electron chi connectivity index (χ2n) is 6.04. The fourth-order valence-corrected chi connectivity index (χ4v) is 3.05. The standard InChI is InChI=1S/C13H25F3N2/c1-10(2)8-18(3)12(9-17)6-4-5-11(7-12)13(14,15)16/h10-11H,4-9,17H2,1-3H3. The summed E-state index contributed by atoms with van der Waals surface area (Å²) in [6.07, 6.45) is -2.29. The summed E-state index contributed by atoms with van der Waals surface area (Å²) < 4.78 is 38.7. The zero-order chi connectivity index (χ0) is 14.0. The van der Waals surface area contributed by atoms with Gasteiger partial charge in [-0.05, 0) is 32.2 Å². The molecule has 0 spiro atoms. The molecular weight excluding hydrogens is 241 g/mol. The maximum atomic E-state index is 12.9. The SMILES string of the molecule is CC(C)CN(C)C1(CN)CCCC(C(F)(F)F)C1. The fraction of sp³-hybridized carbons (Fsp3) is 1.00. The summed E-state index contributed by atoms with van der Waals surface area (Å²) in [5.74, 6) is -0.755. The number of likely N-dealkylation sites (N-methyl/N-ethyl adjacent to an activating group) is 1. The Morgan fingerprint density at radius 3 is 2.44 bits per heavy atom. The Kier molecular flexibility index (Phi) is 5.06. The van der Waals surface area contributed by atoms with Gasteiger partial charge >= 0.3 is 6.18 Å². The second-order valence-corrected chi connectivity index (χ2v) is 6.04. The lowest BCUT2D eigenvalue weighted by molar-refractivity contribution is -0.193. The molecule has 2 N–H and O–H groups in total. The van der Waals surface area contributed by atoms with Crippen LogP contribution in [0.1, 0.15) is 39.5 Å². The maximum absolute atomic E-state index is 12.9. The van der Waals surface area contributed by atoms with Crippen LogP contribution in [-0.2, 0) is 0 Å². The Balaban J connectivity index is 2.80. The van der Waals surface area contributed by atoms with Crippen molar-refractivity contribution in [3.63, 3.8) is 0 Å². The van der Waals surface area contributed by atoms with Crippen LogP contribution in [0, 0.1) is 11.8 Å². The molecule has 0 aromatic heterocycles. The van der Waals surface area contributed by atoms with Gasteiger partial charge in [0.05, 0.1) is 5.92 Å². The van der Waals surface area contributed by atoms with Gasteiger partial charge in [-0.25, -0.2) is 0 Å². The van der Waals surface area contributed by atoms with Gasteiger partial charge in [0.1, 0.15) is 0 Å². The minimum Gasteiger partial charge on any atom is -0.329 e. The van der Waals surface area contributed by atoms with Crippen molar-refractivity contribution in [3.05, 3.63) is 0 Å². The third kappa shape index (κ3) is 3.60. The van der Waals surface area contributed by atoms with Crippen molar-refractivity contribution in [3.8, 4) is 0 Å². The number of hydrogen-bond donors (Lipinski definition) is 1. The van der Waals surface area contributed by atoms with Gasteiger partial charge < -0.3 is 5.73 Å². The largest absolute Gasteiger partial charge is 0.391 e. The van der Waals surface area contributed by atoms with Crippen LogP contribution in [0.4, 0.5) is 13.2 Å². The number of alkyl halides is 3. The topological polar surface area (TPSA) is 29.3 Å². The fourth-order valence-electron chi connectivity index (χ4n) is 3.05. The molecule has 1 fully saturated rings. The van der Waals surface area contributed by atoms with Crippen LogP contribution in [-0.4, -0.2) is 36.8 Å². The minimum absolute atomic E-state index is 0.149. The van der Waals surface area contributed by atoms with Crippen LogP contribution >= 0.6 is 0 Å². The molecule has 0 aromatic carbocycles. The van der Waals surface area contributed by atoms with Gasteiger partial charge in [-0.2, -0.15) is 13.2 Å². The molecule has 2 nitrogen and oxygen atoms in total. The minimum atomic E-state index is -4.08. The molecule has 0 heterocycles. The van der Waals surface area contributed by atoms with Crippen molar-refractivity contribution >= 4 is 0 Å². The average molecular weight is 266 g/mol. The maximum Gasteiger partial charge on any atom is 0.391 e. The van der Waals surface area contributed by atoms with E-state index in [0.29, 0.717) is 18.9 Å². The van der Waals surface area contributed by atoms with Gasteiger partial charge in [-0.15, -0.1) is 0 Å². The number of hydrogen-bond acceptors (Lipinski definition) is 2. The highest BCUT2D eigenvalue weighted by molar-refractivity contribution is 4.97. The summed E-state index contributed by atoms with van der Waals surface area (Å²) >= 11 is 0. The van der Waals surface area contributed by atoms with Crippen LogP contribution in [0.3, 0.4) is 0 Å². The second kappa shape index (κ2) is 5.78. The van der Waals surface area contributed by atoms with Gasteiger partial charge in [0.15, 0.2) is 0 Å². The number of nitrogens with zero attached hydrogens (tertiary/aromatic N) is 1. The van der Waals surface area contributed by atoms with Crippen molar-refractivity contribution in [2.75, 3.05) is 20.1 Å². The first-order chi connectivity index (χ1) is 8.21. The molecule has 18 heavy (non-hydrogen) atoms. The van der Waals surface area contributed by atoms with E-state index in [1.165, 1.54) is 0 Å². The zero-order valence-electron chi connectivity index (χ0n) is 11.6. The molecular formula is C13H25F3N2. The molecule has 1 aliphatic carbocycles. The molecule has 5 heteroatoms. The Hall–Kier alpha value is -0.290. The lowest BCUT2D eigenvalue weighted by Crippen LogP contribution is -2.57. The third-order valence-electron chi connectivity index (χ3n) is 4.11. The molecule has 1 rings (SSSR count). The lowest BCUT2D eigenvalue weighted by Gasteiger charge is -2.47. The van der Waals surface area contributed by atoms with Crippen LogP contribution in [0.5, 0.6) is 0 Å². The third-order valence-corrected chi connectivity index (χ3v) is 4.11. The summed E-state index contributed by atoms with van der Waals surface area (Å²) in [6.45, 7) is 5.25. The molecule has 2 atom stereocenters. The van der Waals surface area contributed by atoms with E-state index in [1.807, 2.05) is 7.05 Å². The first-order valence-electron chi connectivity index (χ1n) is 6.69. The van der Waals surface area contributed by atoms with Crippen molar-refractivity contribution in [1.29, 1.82) is 0 Å². The molecule has 2 unspecified atom stereocenters. The molecule has 0 aromatic rings. The van der Waals surface area contributed by atoms with Crippen LogP contribution in [0.2, 0.25) is 0 Å². The van der Waals surface area contributed by atoms with Crippen molar-refractivity contribution in [2.45, 2.75) is 51.2 Å². The van der Waals surface area contributed by atoms with Crippen LogP contribution < -0.4 is 5.73 Å². The van der Waals surface area contributed by atoms with Crippen molar-refractivity contribution < 1.29 is 13.2 Å². The van der Waals surface area contributed by atoms with Crippen LogP contribution in [0.15, 0.2) is 0 Å². The molecule has 0 radical (unpaired) electrons. The first-order valence-corrected chi connectivity index (χ1v) is 6.69. The Labute approximate surface area is 108 Å². The van der Waals surface area contributed by atoms with E-state index in [9.17, 15) is 13.2 Å². The molecule has 0 saturated heterocycles. The summed E-state index contributed by atoms with van der Waals surface area (Å²) in [5, 5.41) is 0. The van der Waals surface area contributed by atoms with Gasteiger partial charge in [0.25, 0.3) is 0 Å². The van der Waals surface area contributed by atoms with Gasteiger partial charge in [0.2, 0.25) is 0 Å². The molecule has 108 valence electrons. The predicted octanol–water partition coefficient (Wildman–Crippen LogP) is 3.02. The highest BCUT2D eigenvalue weighted by atomic mass is 19.4. The summed E-state index contributed by atoms with van der Waals surface area (Å²) in [5.41, 5.74) is 5.34. The van der Waals surface area contributed by atoms with Crippen molar-refractivity contribution in [1.82, 2.24) is 4.90 Å². The number of nitrogens with two attached hydrogens (primary N) is 1. The van der Waals surface area contributed by atoms with E-state index < -0.39 is 17.6 Å². The number of rotatable bonds is 4. The summed E-state index contributed by atoms with van der Waals surface area (Å²) in [7, 11) is 1.91. The van der Waals surface area contributed by atoms with E-state index in [0.717, 1.165) is 13.0 Å². The Morgan fingerprint density at radius 1 is 1.39 bits per heavy atom. The quantitative estimate of drug-likeness (QED) is 0.847.